The molecule has 1 aromatic heterocycles. The first kappa shape index (κ1) is 16.0. The minimum Gasteiger partial charge on any atom is -0.481 e. The van der Waals surface area contributed by atoms with Crippen LogP contribution in [0.1, 0.15) is 18.2 Å². The molecule has 1 N–H and O–H groups in total. The van der Waals surface area contributed by atoms with Crippen molar-refractivity contribution in [3.63, 3.8) is 0 Å². The Balaban J connectivity index is 1.96. The molecule has 0 atom stereocenters. The first-order valence-corrected chi connectivity index (χ1v) is 7.65. The van der Waals surface area contributed by atoms with Crippen LogP contribution in [0, 0.1) is 6.92 Å². The van der Waals surface area contributed by atoms with Crippen LogP contribution in [0.25, 0.3) is 0 Å². The SMILES string of the molecule is CCOC(=O)COc1ccccc1C=NNc1nc(C)cs1. The molecule has 0 aliphatic carbocycles. The number of rotatable bonds is 7. The third kappa shape index (κ3) is 4.85. The van der Waals surface area contributed by atoms with Crippen LogP contribution in [0.2, 0.25) is 0 Å². The highest BCUT2D eigenvalue weighted by Gasteiger charge is 2.05. The number of hydrogen-bond acceptors (Lipinski definition) is 7. The van der Waals surface area contributed by atoms with E-state index in [2.05, 4.69) is 15.5 Å². The highest BCUT2D eigenvalue weighted by atomic mass is 32.1. The molecule has 0 radical (unpaired) electrons. The van der Waals surface area contributed by atoms with Crippen molar-refractivity contribution in [2.24, 2.45) is 5.10 Å². The lowest BCUT2D eigenvalue weighted by Gasteiger charge is -2.08. The summed E-state index contributed by atoms with van der Waals surface area (Å²) in [4.78, 5) is 15.6. The Bertz CT molecular complexity index is 655. The van der Waals surface area contributed by atoms with Crippen LogP contribution < -0.4 is 10.2 Å². The number of hydrogen-bond donors (Lipinski definition) is 1. The molecule has 0 saturated carbocycles. The molecular weight excluding hydrogens is 302 g/mol. The van der Waals surface area contributed by atoms with Gasteiger partial charge in [-0.1, -0.05) is 12.1 Å². The van der Waals surface area contributed by atoms with E-state index in [1.807, 2.05) is 30.5 Å². The smallest absolute Gasteiger partial charge is 0.344 e. The fraction of sp³-hybridized carbons (Fsp3) is 0.267. The molecule has 0 aliphatic heterocycles. The Hall–Kier alpha value is -2.41. The minimum absolute atomic E-state index is 0.127. The maximum atomic E-state index is 11.3. The van der Waals surface area contributed by atoms with Gasteiger partial charge in [0, 0.05) is 10.9 Å². The molecule has 0 aliphatic rings. The fourth-order valence-corrected chi connectivity index (χ4v) is 2.26. The van der Waals surface area contributed by atoms with Crippen molar-refractivity contribution in [1.29, 1.82) is 0 Å². The van der Waals surface area contributed by atoms with Crippen LogP contribution in [0.3, 0.4) is 0 Å². The first-order valence-electron chi connectivity index (χ1n) is 6.77. The summed E-state index contributed by atoms with van der Waals surface area (Å²) in [5.74, 6) is 0.169. The summed E-state index contributed by atoms with van der Waals surface area (Å²) in [6.45, 7) is 3.88. The highest BCUT2D eigenvalue weighted by Crippen LogP contribution is 2.17. The number of ether oxygens (including phenoxy) is 2. The zero-order valence-electron chi connectivity index (χ0n) is 12.4. The zero-order chi connectivity index (χ0) is 15.8. The molecule has 22 heavy (non-hydrogen) atoms. The number of benzene rings is 1. The summed E-state index contributed by atoms with van der Waals surface area (Å²) in [7, 11) is 0. The van der Waals surface area contributed by atoms with E-state index in [-0.39, 0.29) is 6.61 Å². The molecule has 2 aromatic rings. The summed E-state index contributed by atoms with van der Waals surface area (Å²) in [6.07, 6.45) is 1.62. The van der Waals surface area contributed by atoms with Gasteiger partial charge in [-0.2, -0.15) is 5.10 Å². The maximum Gasteiger partial charge on any atom is 0.344 e. The minimum atomic E-state index is -0.398. The van der Waals surface area contributed by atoms with Gasteiger partial charge in [0.15, 0.2) is 6.61 Å². The second kappa shape index (κ2) is 8.14. The van der Waals surface area contributed by atoms with Gasteiger partial charge in [0.2, 0.25) is 5.13 Å². The van der Waals surface area contributed by atoms with Crippen molar-refractivity contribution >= 4 is 28.7 Å². The van der Waals surface area contributed by atoms with Crippen LogP contribution in [0.5, 0.6) is 5.75 Å². The Morgan fingerprint density at radius 1 is 1.45 bits per heavy atom. The van der Waals surface area contributed by atoms with Gasteiger partial charge in [-0.25, -0.2) is 9.78 Å². The van der Waals surface area contributed by atoms with Gasteiger partial charge in [-0.05, 0) is 26.0 Å². The van der Waals surface area contributed by atoms with Gasteiger partial charge in [0.1, 0.15) is 5.75 Å². The van der Waals surface area contributed by atoms with Crippen molar-refractivity contribution in [1.82, 2.24) is 4.98 Å². The number of carbonyl (C=O) groups is 1. The highest BCUT2D eigenvalue weighted by molar-refractivity contribution is 7.13. The first-order chi connectivity index (χ1) is 10.7. The van der Waals surface area contributed by atoms with Crippen molar-refractivity contribution in [2.45, 2.75) is 13.8 Å². The largest absolute Gasteiger partial charge is 0.481 e. The van der Waals surface area contributed by atoms with E-state index in [1.54, 1.807) is 19.2 Å². The summed E-state index contributed by atoms with van der Waals surface area (Å²) in [6, 6.07) is 7.31. The predicted molar refractivity (Wildman–Crippen MR) is 86.6 cm³/mol. The number of hydrazone groups is 1. The standard InChI is InChI=1S/C15H17N3O3S/c1-3-20-14(19)9-21-13-7-5-4-6-12(13)8-16-18-15-17-11(2)10-22-15/h4-8,10H,3,9H2,1-2H3,(H,17,18). The summed E-state index contributed by atoms with van der Waals surface area (Å²) >= 11 is 1.48. The zero-order valence-corrected chi connectivity index (χ0v) is 13.2. The number of nitrogens with zero attached hydrogens (tertiary/aromatic N) is 2. The summed E-state index contributed by atoms with van der Waals surface area (Å²) in [5.41, 5.74) is 4.56. The Labute approximate surface area is 132 Å². The number of esters is 1. The molecule has 116 valence electrons. The maximum absolute atomic E-state index is 11.3. The van der Waals surface area contributed by atoms with Crippen LogP contribution in [0.15, 0.2) is 34.7 Å². The topological polar surface area (TPSA) is 72.8 Å². The van der Waals surface area contributed by atoms with Crippen molar-refractivity contribution in [2.75, 3.05) is 18.6 Å². The van der Waals surface area contributed by atoms with Gasteiger partial charge >= 0.3 is 5.97 Å². The lowest BCUT2D eigenvalue weighted by atomic mass is 10.2. The predicted octanol–water partition coefficient (Wildman–Crippen LogP) is 2.84. The molecule has 7 heteroatoms. The molecule has 0 saturated heterocycles. The Morgan fingerprint density at radius 3 is 3.00 bits per heavy atom. The lowest BCUT2D eigenvalue weighted by Crippen LogP contribution is -2.15. The number of nitrogens with one attached hydrogen (secondary N) is 1. The van der Waals surface area contributed by atoms with E-state index < -0.39 is 5.97 Å². The van der Waals surface area contributed by atoms with Crippen LogP contribution in [-0.4, -0.2) is 30.4 Å². The fourth-order valence-electron chi connectivity index (χ4n) is 1.62. The average molecular weight is 319 g/mol. The molecule has 0 unspecified atom stereocenters. The van der Waals surface area contributed by atoms with Crippen LogP contribution in [-0.2, 0) is 9.53 Å². The number of carbonyl (C=O) groups excluding carboxylic acids is 1. The summed E-state index contributed by atoms with van der Waals surface area (Å²) in [5, 5.41) is 6.79. The van der Waals surface area contributed by atoms with E-state index in [9.17, 15) is 4.79 Å². The third-order valence-electron chi connectivity index (χ3n) is 2.55. The normalized spacial score (nSPS) is 10.6. The molecule has 0 bridgehead atoms. The van der Waals surface area contributed by atoms with E-state index >= 15 is 0 Å². The molecule has 0 fully saturated rings. The number of aryl methyl sites for hydroxylation is 1. The number of aromatic nitrogens is 1. The number of para-hydroxylation sites is 1. The second-order valence-electron chi connectivity index (χ2n) is 4.30. The molecule has 0 spiro atoms. The molecule has 6 nitrogen and oxygen atoms in total. The van der Waals surface area contributed by atoms with Gasteiger partial charge in [0.25, 0.3) is 0 Å². The van der Waals surface area contributed by atoms with E-state index in [0.29, 0.717) is 12.4 Å². The molecule has 0 amide bonds. The lowest BCUT2D eigenvalue weighted by molar-refractivity contribution is -0.145. The average Bonchev–Trinajstić information content (AvgIpc) is 2.92. The van der Waals surface area contributed by atoms with Crippen molar-refractivity contribution in [3.8, 4) is 5.75 Å². The van der Waals surface area contributed by atoms with Gasteiger partial charge in [0.05, 0.1) is 18.5 Å². The third-order valence-corrected chi connectivity index (χ3v) is 3.42. The second-order valence-corrected chi connectivity index (χ2v) is 5.15. The van der Waals surface area contributed by atoms with Crippen molar-refractivity contribution < 1.29 is 14.3 Å². The number of thiazole rings is 1. The summed E-state index contributed by atoms with van der Waals surface area (Å²) < 4.78 is 10.3. The Kier molecular flexibility index (Phi) is 5.91. The Morgan fingerprint density at radius 2 is 2.27 bits per heavy atom. The van der Waals surface area contributed by atoms with Gasteiger partial charge in [-0.3, -0.25) is 5.43 Å². The molecule has 2 rings (SSSR count). The van der Waals surface area contributed by atoms with E-state index in [4.69, 9.17) is 9.47 Å². The van der Waals surface area contributed by atoms with Gasteiger partial charge < -0.3 is 9.47 Å². The quantitative estimate of drug-likeness (QED) is 0.482. The molecule has 1 aromatic carbocycles. The molecule has 1 heterocycles. The van der Waals surface area contributed by atoms with Crippen LogP contribution >= 0.6 is 11.3 Å². The van der Waals surface area contributed by atoms with Gasteiger partial charge in [-0.15, -0.1) is 11.3 Å². The monoisotopic (exact) mass is 319 g/mol. The number of anilines is 1. The van der Waals surface area contributed by atoms with E-state index in [0.717, 1.165) is 16.4 Å². The van der Waals surface area contributed by atoms with E-state index in [1.165, 1.54) is 11.3 Å². The molecular formula is C15H17N3O3S. The van der Waals surface area contributed by atoms with Crippen LogP contribution in [0.4, 0.5) is 5.13 Å². The van der Waals surface area contributed by atoms with Crippen molar-refractivity contribution in [3.05, 3.63) is 40.9 Å².